The number of para-hydroxylation sites is 1. The quantitative estimate of drug-likeness (QED) is 0.797. The van der Waals surface area contributed by atoms with Crippen LogP contribution in [0, 0.1) is 11.3 Å². The Balaban J connectivity index is 2.41. The summed E-state index contributed by atoms with van der Waals surface area (Å²) in [5.74, 6) is -0.359. The van der Waals surface area contributed by atoms with Crippen molar-refractivity contribution in [3.05, 3.63) is 57.8 Å². The van der Waals surface area contributed by atoms with Crippen LogP contribution in [-0.4, -0.2) is 17.9 Å². The first-order valence-electron chi connectivity index (χ1n) is 5.64. The Bertz CT molecular complexity index is 710. The zero-order valence-electron chi connectivity index (χ0n) is 10.5. The van der Waals surface area contributed by atoms with E-state index in [9.17, 15) is 4.79 Å². The number of amides is 1. The average Bonchev–Trinajstić information content (AvgIpc) is 2.45. The number of rotatable bonds is 2. The number of nitrogens with zero attached hydrogens (tertiary/aromatic N) is 3. The summed E-state index contributed by atoms with van der Waals surface area (Å²) < 4.78 is 0. The Morgan fingerprint density at radius 3 is 2.60 bits per heavy atom. The Hall–Kier alpha value is -2.09. The monoisotopic (exact) mass is 305 g/mol. The Morgan fingerprint density at radius 2 is 1.95 bits per heavy atom. The summed E-state index contributed by atoms with van der Waals surface area (Å²) in [5.41, 5.74) is 1.14. The van der Waals surface area contributed by atoms with Gasteiger partial charge in [-0.05, 0) is 24.3 Å². The van der Waals surface area contributed by atoms with E-state index in [1.165, 1.54) is 17.0 Å². The summed E-state index contributed by atoms with van der Waals surface area (Å²) in [7, 11) is 1.57. The molecule has 0 radical (unpaired) electrons. The first-order valence-corrected chi connectivity index (χ1v) is 6.39. The van der Waals surface area contributed by atoms with E-state index in [4.69, 9.17) is 28.5 Å². The van der Waals surface area contributed by atoms with Crippen molar-refractivity contribution in [1.29, 1.82) is 5.26 Å². The van der Waals surface area contributed by atoms with Gasteiger partial charge in [0.15, 0.2) is 0 Å². The molecule has 0 atom stereocenters. The van der Waals surface area contributed by atoms with Crippen LogP contribution in [0.2, 0.25) is 10.3 Å². The van der Waals surface area contributed by atoms with E-state index in [1.54, 1.807) is 31.3 Å². The molecule has 100 valence electrons. The van der Waals surface area contributed by atoms with E-state index in [0.29, 0.717) is 11.3 Å². The third-order valence-electron chi connectivity index (χ3n) is 2.74. The normalized spacial score (nSPS) is 9.90. The molecule has 2 rings (SSSR count). The lowest BCUT2D eigenvalue weighted by Gasteiger charge is -2.18. The highest BCUT2D eigenvalue weighted by molar-refractivity contribution is 6.35. The van der Waals surface area contributed by atoms with Crippen LogP contribution in [0.1, 0.15) is 15.9 Å². The smallest absolute Gasteiger partial charge is 0.261 e. The minimum absolute atomic E-state index is 0.0313. The molecule has 0 fully saturated rings. The third kappa shape index (κ3) is 2.74. The van der Waals surface area contributed by atoms with Gasteiger partial charge in [0, 0.05) is 7.05 Å². The zero-order chi connectivity index (χ0) is 14.7. The Labute approximate surface area is 126 Å². The molecular formula is C14H9Cl2N3O. The number of hydrogen-bond donors (Lipinski definition) is 0. The van der Waals surface area contributed by atoms with Gasteiger partial charge in [-0.25, -0.2) is 4.98 Å². The highest BCUT2D eigenvalue weighted by Crippen LogP contribution is 2.23. The molecule has 0 bridgehead atoms. The lowest BCUT2D eigenvalue weighted by atomic mass is 10.1. The first kappa shape index (κ1) is 14.3. The molecule has 0 aliphatic rings. The van der Waals surface area contributed by atoms with Crippen LogP contribution in [-0.2, 0) is 0 Å². The van der Waals surface area contributed by atoms with Crippen LogP contribution in [0.5, 0.6) is 0 Å². The average molecular weight is 306 g/mol. The molecule has 1 heterocycles. The number of nitriles is 1. The summed E-state index contributed by atoms with van der Waals surface area (Å²) in [6, 6.07) is 11.9. The molecule has 1 aromatic carbocycles. The van der Waals surface area contributed by atoms with E-state index in [1.807, 2.05) is 6.07 Å². The van der Waals surface area contributed by atoms with Crippen LogP contribution in [0.25, 0.3) is 0 Å². The summed E-state index contributed by atoms with van der Waals surface area (Å²) in [5, 5.41) is 9.31. The SMILES string of the molecule is CN(C(=O)c1ccc(Cl)nc1Cl)c1ccccc1C#N. The van der Waals surface area contributed by atoms with E-state index in [-0.39, 0.29) is 21.8 Å². The van der Waals surface area contributed by atoms with E-state index in [0.717, 1.165) is 0 Å². The van der Waals surface area contributed by atoms with Gasteiger partial charge >= 0.3 is 0 Å². The molecule has 0 aliphatic heterocycles. The third-order valence-corrected chi connectivity index (χ3v) is 3.23. The second-order valence-corrected chi connectivity index (χ2v) is 4.71. The fourth-order valence-corrected chi connectivity index (χ4v) is 2.15. The van der Waals surface area contributed by atoms with Crippen LogP contribution < -0.4 is 4.90 Å². The lowest BCUT2D eigenvalue weighted by molar-refractivity contribution is 0.0993. The second kappa shape index (κ2) is 5.91. The van der Waals surface area contributed by atoms with Crippen molar-refractivity contribution >= 4 is 34.8 Å². The molecule has 0 saturated heterocycles. The number of pyridine rings is 1. The highest BCUT2D eigenvalue weighted by Gasteiger charge is 2.19. The molecule has 0 saturated carbocycles. The van der Waals surface area contributed by atoms with Gasteiger partial charge in [0.2, 0.25) is 0 Å². The van der Waals surface area contributed by atoms with E-state index >= 15 is 0 Å². The predicted octanol–water partition coefficient (Wildman–Crippen LogP) is 3.54. The zero-order valence-corrected chi connectivity index (χ0v) is 12.0. The van der Waals surface area contributed by atoms with Gasteiger partial charge in [0.1, 0.15) is 16.4 Å². The van der Waals surface area contributed by atoms with Crippen LogP contribution in [0.4, 0.5) is 5.69 Å². The first-order chi connectivity index (χ1) is 9.54. The molecule has 20 heavy (non-hydrogen) atoms. The predicted molar refractivity (Wildman–Crippen MR) is 78.1 cm³/mol. The van der Waals surface area contributed by atoms with Crippen molar-refractivity contribution in [3.63, 3.8) is 0 Å². The molecule has 6 heteroatoms. The lowest BCUT2D eigenvalue weighted by Crippen LogP contribution is -2.27. The van der Waals surface area contributed by atoms with Crippen LogP contribution in [0.3, 0.4) is 0 Å². The summed E-state index contributed by atoms with van der Waals surface area (Å²) in [4.78, 5) is 17.6. The van der Waals surface area contributed by atoms with Crippen molar-refractivity contribution in [2.75, 3.05) is 11.9 Å². The van der Waals surface area contributed by atoms with Crippen molar-refractivity contribution < 1.29 is 4.79 Å². The fourth-order valence-electron chi connectivity index (χ4n) is 1.72. The van der Waals surface area contributed by atoms with Gasteiger partial charge in [0.05, 0.1) is 16.8 Å². The van der Waals surface area contributed by atoms with Crippen molar-refractivity contribution in [1.82, 2.24) is 4.98 Å². The minimum atomic E-state index is -0.359. The molecule has 0 unspecified atom stereocenters. The second-order valence-electron chi connectivity index (χ2n) is 3.97. The molecule has 4 nitrogen and oxygen atoms in total. The molecule has 0 aliphatic carbocycles. The number of aromatic nitrogens is 1. The van der Waals surface area contributed by atoms with Crippen molar-refractivity contribution in [3.8, 4) is 6.07 Å². The number of hydrogen-bond acceptors (Lipinski definition) is 3. The number of benzene rings is 1. The van der Waals surface area contributed by atoms with Gasteiger partial charge in [-0.2, -0.15) is 5.26 Å². The van der Waals surface area contributed by atoms with Gasteiger partial charge in [0.25, 0.3) is 5.91 Å². The standard InChI is InChI=1S/C14H9Cl2N3O/c1-19(11-5-3-2-4-9(11)8-17)14(20)10-6-7-12(15)18-13(10)16/h2-7H,1H3. The molecule has 0 N–H and O–H groups in total. The molecular weight excluding hydrogens is 297 g/mol. The van der Waals surface area contributed by atoms with Gasteiger partial charge in [-0.1, -0.05) is 35.3 Å². The summed E-state index contributed by atoms with van der Waals surface area (Å²) in [6.45, 7) is 0. The molecule has 0 spiro atoms. The van der Waals surface area contributed by atoms with Crippen LogP contribution in [0.15, 0.2) is 36.4 Å². The minimum Gasteiger partial charge on any atom is -0.310 e. The highest BCUT2D eigenvalue weighted by atomic mass is 35.5. The van der Waals surface area contributed by atoms with Crippen molar-refractivity contribution in [2.24, 2.45) is 0 Å². The van der Waals surface area contributed by atoms with Gasteiger partial charge < -0.3 is 4.90 Å². The summed E-state index contributed by atoms with van der Waals surface area (Å²) in [6.07, 6.45) is 0. The molecule has 2 aromatic rings. The number of halogens is 2. The molecule has 1 aromatic heterocycles. The number of anilines is 1. The maximum Gasteiger partial charge on any atom is 0.261 e. The van der Waals surface area contributed by atoms with E-state index < -0.39 is 0 Å². The van der Waals surface area contributed by atoms with E-state index in [2.05, 4.69) is 4.98 Å². The Morgan fingerprint density at radius 1 is 1.25 bits per heavy atom. The fraction of sp³-hybridized carbons (Fsp3) is 0.0714. The number of carbonyl (C=O) groups excluding carboxylic acids is 1. The maximum atomic E-state index is 12.4. The molecule has 1 amide bonds. The maximum absolute atomic E-state index is 12.4. The number of carbonyl (C=O) groups is 1. The van der Waals surface area contributed by atoms with Crippen molar-refractivity contribution in [2.45, 2.75) is 0 Å². The van der Waals surface area contributed by atoms with Gasteiger partial charge in [-0.15, -0.1) is 0 Å². The topological polar surface area (TPSA) is 57.0 Å². The van der Waals surface area contributed by atoms with Crippen LogP contribution >= 0.6 is 23.2 Å². The Kier molecular flexibility index (Phi) is 4.23. The largest absolute Gasteiger partial charge is 0.310 e. The summed E-state index contributed by atoms with van der Waals surface area (Å²) >= 11 is 11.6. The van der Waals surface area contributed by atoms with Gasteiger partial charge in [-0.3, -0.25) is 4.79 Å².